The van der Waals surface area contributed by atoms with E-state index in [2.05, 4.69) is 201 Å². The predicted octanol–water partition coefficient (Wildman–Crippen LogP) is 16.1. The highest BCUT2D eigenvalue weighted by Crippen LogP contribution is 2.54. The summed E-state index contributed by atoms with van der Waals surface area (Å²) in [5, 5.41) is 9.80. The molecule has 0 unspecified atom stereocenters. The van der Waals surface area contributed by atoms with Crippen molar-refractivity contribution >= 4 is 71.3 Å². The SMILES string of the molecule is Cc1ccccc1N(c1ccc2cc3c(cc2c1)-c1cc2c(-c4ccccc4)c4ccccc4c(-c4ccccc4)c2cc1-3)c1c(C)ccc2c1oc1ccccc12. The van der Waals surface area contributed by atoms with Crippen molar-refractivity contribution in [3.05, 3.63) is 199 Å². The Bertz CT molecular complexity index is 3470. The lowest BCUT2D eigenvalue weighted by atomic mass is 9.75. The van der Waals surface area contributed by atoms with Crippen molar-refractivity contribution in [2.45, 2.75) is 13.8 Å². The van der Waals surface area contributed by atoms with Crippen molar-refractivity contribution in [1.82, 2.24) is 0 Å². The maximum absolute atomic E-state index is 6.70. The second-order valence-electron chi connectivity index (χ2n) is 15.7. The van der Waals surface area contributed by atoms with Gasteiger partial charge in [-0.25, -0.2) is 0 Å². The highest BCUT2D eigenvalue weighted by molar-refractivity contribution is 6.25. The van der Waals surface area contributed by atoms with Gasteiger partial charge in [0, 0.05) is 22.1 Å². The van der Waals surface area contributed by atoms with Crippen LogP contribution in [0.15, 0.2) is 192 Å². The number of nitrogens with zero attached hydrogens (tertiary/aromatic N) is 1. The summed E-state index contributed by atoms with van der Waals surface area (Å²) < 4.78 is 6.70. The summed E-state index contributed by atoms with van der Waals surface area (Å²) in [5.41, 5.74) is 17.7. The fraction of sp³-hybridized carbons (Fsp3) is 0.0357. The molecular weight excluding hydrogens is 703 g/mol. The molecule has 0 saturated heterocycles. The van der Waals surface area contributed by atoms with Crippen LogP contribution >= 0.6 is 0 Å². The van der Waals surface area contributed by atoms with Crippen LogP contribution in [0.3, 0.4) is 0 Å². The lowest BCUT2D eigenvalue weighted by Gasteiger charge is -2.30. The molecule has 0 atom stereocenters. The number of aryl methyl sites for hydroxylation is 2. The first-order valence-corrected chi connectivity index (χ1v) is 20.1. The van der Waals surface area contributed by atoms with E-state index < -0.39 is 0 Å². The fourth-order valence-electron chi connectivity index (χ4n) is 9.66. The number of para-hydroxylation sites is 2. The molecule has 2 nitrogen and oxygen atoms in total. The standard InChI is InChI=1S/C56H37NO/c1-34-15-9-13-23-51(34)57(55-35(2)25-28-44-41-20-12-14-24-52(41)58-56(44)55)40-27-26-38-30-45-46(31-39(38)29-40)48-33-50-49(32-47(45)48)53(36-16-5-3-6-17-36)42-21-10-11-22-43(42)54(50)37-18-7-4-8-19-37/h3-33H,1-2H3. The van der Waals surface area contributed by atoms with Crippen LogP contribution in [0.4, 0.5) is 17.1 Å². The van der Waals surface area contributed by atoms with Crippen LogP contribution in [0.1, 0.15) is 11.1 Å². The Morgan fingerprint density at radius 2 is 0.931 bits per heavy atom. The van der Waals surface area contributed by atoms with E-state index in [4.69, 9.17) is 4.42 Å². The van der Waals surface area contributed by atoms with Crippen LogP contribution in [-0.2, 0) is 0 Å². The molecule has 0 N–H and O–H groups in total. The summed E-state index contributed by atoms with van der Waals surface area (Å²) in [5.74, 6) is 0. The minimum absolute atomic E-state index is 0.900. The van der Waals surface area contributed by atoms with Gasteiger partial charge in [0.25, 0.3) is 0 Å². The summed E-state index contributed by atoms with van der Waals surface area (Å²) in [7, 11) is 0. The Morgan fingerprint density at radius 1 is 0.379 bits per heavy atom. The number of fused-ring (bicyclic) bond motifs is 10. The second kappa shape index (κ2) is 12.5. The Kier molecular flexibility index (Phi) is 7.09. The lowest BCUT2D eigenvalue weighted by molar-refractivity contribution is 0.668. The van der Waals surface area contributed by atoms with Gasteiger partial charge in [-0.3, -0.25) is 0 Å². The van der Waals surface area contributed by atoms with Gasteiger partial charge in [0.05, 0.1) is 5.69 Å². The number of hydrogen-bond donors (Lipinski definition) is 0. The van der Waals surface area contributed by atoms with E-state index in [1.54, 1.807) is 0 Å². The van der Waals surface area contributed by atoms with Gasteiger partial charge in [-0.05, 0) is 150 Å². The van der Waals surface area contributed by atoms with Gasteiger partial charge in [-0.2, -0.15) is 0 Å². The minimum Gasteiger partial charge on any atom is -0.454 e. The molecule has 11 aromatic rings. The maximum Gasteiger partial charge on any atom is 0.159 e. The van der Waals surface area contributed by atoms with Crippen LogP contribution < -0.4 is 4.90 Å². The summed E-state index contributed by atoms with van der Waals surface area (Å²) in [4.78, 5) is 2.40. The van der Waals surface area contributed by atoms with Crippen molar-refractivity contribution in [3.8, 4) is 44.5 Å². The molecule has 12 rings (SSSR count). The molecule has 0 amide bonds. The molecule has 0 bridgehead atoms. The normalized spacial score (nSPS) is 12.0. The molecular formula is C56H37NO. The van der Waals surface area contributed by atoms with Crippen LogP contribution in [0, 0.1) is 13.8 Å². The fourth-order valence-corrected chi connectivity index (χ4v) is 9.66. The number of anilines is 3. The molecule has 10 aromatic carbocycles. The van der Waals surface area contributed by atoms with Crippen molar-refractivity contribution in [2.24, 2.45) is 0 Å². The largest absolute Gasteiger partial charge is 0.454 e. The zero-order valence-corrected chi connectivity index (χ0v) is 32.3. The van der Waals surface area contributed by atoms with E-state index in [0.717, 1.165) is 44.6 Å². The molecule has 1 aromatic heterocycles. The Hall–Kier alpha value is -7.42. The van der Waals surface area contributed by atoms with E-state index in [-0.39, 0.29) is 0 Å². The van der Waals surface area contributed by atoms with Crippen molar-refractivity contribution in [3.63, 3.8) is 0 Å². The van der Waals surface area contributed by atoms with Gasteiger partial charge in [0.15, 0.2) is 5.58 Å². The number of hydrogen-bond acceptors (Lipinski definition) is 2. The highest BCUT2D eigenvalue weighted by Gasteiger charge is 2.28. The third-order valence-electron chi connectivity index (χ3n) is 12.4. The van der Waals surface area contributed by atoms with Gasteiger partial charge in [0.2, 0.25) is 0 Å². The molecule has 0 fully saturated rings. The van der Waals surface area contributed by atoms with Gasteiger partial charge >= 0.3 is 0 Å². The Labute approximate surface area is 336 Å². The first-order chi connectivity index (χ1) is 28.6. The molecule has 58 heavy (non-hydrogen) atoms. The first kappa shape index (κ1) is 32.8. The average molecular weight is 740 g/mol. The monoisotopic (exact) mass is 739 g/mol. The van der Waals surface area contributed by atoms with Gasteiger partial charge in [0.1, 0.15) is 5.58 Å². The Balaban J connectivity index is 1.08. The maximum atomic E-state index is 6.70. The van der Waals surface area contributed by atoms with E-state index in [0.29, 0.717) is 0 Å². The molecule has 0 radical (unpaired) electrons. The topological polar surface area (TPSA) is 16.4 Å². The van der Waals surface area contributed by atoms with E-state index in [1.165, 1.54) is 82.4 Å². The van der Waals surface area contributed by atoms with Gasteiger partial charge in [-0.1, -0.05) is 140 Å². The molecule has 272 valence electrons. The van der Waals surface area contributed by atoms with Crippen molar-refractivity contribution in [2.75, 3.05) is 4.90 Å². The average Bonchev–Trinajstić information content (AvgIpc) is 3.65. The zero-order valence-electron chi connectivity index (χ0n) is 32.3. The van der Waals surface area contributed by atoms with E-state index >= 15 is 0 Å². The molecule has 1 aliphatic rings. The van der Waals surface area contributed by atoms with Crippen LogP contribution in [0.2, 0.25) is 0 Å². The van der Waals surface area contributed by atoms with Crippen LogP contribution in [0.5, 0.6) is 0 Å². The van der Waals surface area contributed by atoms with E-state index in [1.807, 2.05) is 6.07 Å². The quantitative estimate of drug-likeness (QED) is 0.163. The summed E-state index contributed by atoms with van der Waals surface area (Å²) in [6.07, 6.45) is 0. The summed E-state index contributed by atoms with van der Waals surface area (Å²) in [6, 6.07) is 68.8. The summed E-state index contributed by atoms with van der Waals surface area (Å²) >= 11 is 0. The lowest BCUT2D eigenvalue weighted by Crippen LogP contribution is -2.13. The number of benzene rings is 10. The van der Waals surface area contributed by atoms with Crippen LogP contribution in [0.25, 0.3) is 98.8 Å². The van der Waals surface area contributed by atoms with Crippen LogP contribution in [-0.4, -0.2) is 0 Å². The van der Waals surface area contributed by atoms with Gasteiger partial charge < -0.3 is 9.32 Å². The molecule has 2 heteroatoms. The molecule has 0 aliphatic heterocycles. The highest BCUT2D eigenvalue weighted by atomic mass is 16.3. The number of rotatable bonds is 5. The van der Waals surface area contributed by atoms with Crippen molar-refractivity contribution in [1.29, 1.82) is 0 Å². The zero-order chi connectivity index (χ0) is 38.5. The molecule has 1 aliphatic carbocycles. The third-order valence-corrected chi connectivity index (χ3v) is 12.4. The summed E-state index contributed by atoms with van der Waals surface area (Å²) in [6.45, 7) is 4.38. The minimum atomic E-state index is 0.900. The molecule has 0 spiro atoms. The number of furan rings is 1. The molecule has 0 saturated carbocycles. The van der Waals surface area contributed by atoms with Gasteiger partial charge in [-0.15, -0.1) is 0 Å². The van der Waals surface area contributed by atoms with E-state index in [9.17, 15) is 0 Å². The Morgan fingerprint density at radius 3 is 1.59 bits per heavy atom. The smallest absolute Gasteiger partial charge is 0.159 e. The molecule has 1 heterocycles. The second-order valence-corrected chi connectivity index (χ2v) is 15.7. The van der Waals surface area contributed by atoms with Crippen molar-refractivity contribution < 1.29 is 4.42 Å². The first-order valence-electron chi connectivity index (χ1n) is 20.1. The third kappa shape index (κ3) is 4.79. The predicted molar refractivity (Wildman–Crippen MR) is 246 cm³/mol.